The first-order valence-electron chi connectivity index (χ1n) is 7.51. The van der Waals surface area contributed by atoms with Gasteiger partial charge in [-0.05, 0) is 42.5 Å². The van der Waals surface area contributed by atoms with Crippen molar-refractivity contribution >= 4 is 11.8 Å². The summed E-state index contributed by atoms with van der Waals surface area (Å²) in [4.78, 5) is 1.21. The van der Waals surface area contributed by atoms with Gasteiger partial charge in [0.25, 0.3) is 0 Å². The predicted molar refractivity (Wildman–Crippen MR) is 91.8 cm³/mol. The third kappa shape index (κ3) is 5.22. The monoisotopic (exact) mass is 300 g/mol. The number of aliphatic hydroxyl groups excluding tert-OH is 1. The second kappa shape index (κ2) is 7.67. The number of aryl methyl sites for hydroxylation is 1. The lowest BCUT2D eigenvalue weighted by Crippen LogP contribution is -2.02. The number of hydrogen-bond acceptors (Lipinski definition) is 2. The molecule has 0 aliphatic rings. The molecule has 0 radical (unpaired) electrons. The van der Waals surface area contributed by atoms with Crippen molar-refractivity contribution < 1.29 is 5.11 Å². The van der Waals surface area contributed by atoms with Crippen LogP contribution in [0.15, 0.2) is 53.4 Å². The first kappa shape index (κ1) is 16.1. The lowest BCUT2D eigenvalue weighted by atomic mass is 9.99. The van der Waals surface area contributed by atoms with E-state index in [-0.39, 0.29) is 0 Å². The SMILES string of the molecule is Cc1ccc(SCC(O)c2cccc(CC(C)C)c2)cc1. The second-order valence-electron chi connectivity index (χ2n) is 5.98. The van der Waals surface area contributed by atoms with Gasteiger partial charge in [0.2, 0.25) is 0 Å². The molecule has 0 aliphatic carbocycles. The predicted octanol–water partition coefficient (Wildman–Crippen LogP) is 5.02. The van der Waals surface area contributed by atoms with Crippen LogP contribution in [0.5, 0.6) is 0 Å². The average molecular weight is 300 g/mol. The van der Waals surface area contributed by atoms with Gasteiger partial charge in [-0.25, -0.2) is 0 Å². The summed E-state index contributed by atoms with van der Waals surface area (Å²) in [6.07, 6.45) is 0.648. The second-order valence-corrected chi connectivity index (χ2v) is 7.08. The van der Waals surface area contributed by atoms with Crippen molar-refractivity contribution in [2.24, 2.45) is 5.92 Å². The van der Waals surface area contributed by atoms with Crippen LogP contribution in [-0.4, -0.2) is 10.9 Å². The average Bonchev–Trinajstić information content (AvgIpc) is 2.46. The summed E-state index contributed by atoms with van der Waals surface area (Å²) in [6, 6.07) is 16.8. The Morgan fingerprint density at radius 2 is 1.76 bits per heavy atom. The van der Waals surface area contributed by atoms with Crippen molar-refractivity contribution in [3.8, 4) is 0 Å². The summed E-state index contributed by atoms with van der Waals surface area (Å²) in [5, 5.41) is 10.4. The number of aliphatic hydroxyl groups is 1. The minimum Gasteiger partial charge on any atom is -0.388 e. The molecule has 0 aromatic heterocycles. The van der Waals surface area contributed by atoms with Crippen LogP contribution in [-0.2, 0) is 6.42 Å². The standard InChI is InChI=1S/C19H24OS/c1-14(2)11-16-5-4-6-17(12-16)19(20)13-21-18-9-7-15(3)8-10-18/h4-10,12,14,19-20H,11,13H2,1-3H3. The van der Waals surface area contributed by atoms with E-state index in [1.165, 1.54) is 16.0 Å². The molecule has 2 aromatic carbocycles. The van der Waals surface area contributed by atoms with Gasteiger partial charge < -0.3 is 5.11 Å². The number of thioether (sulfide) groups is 1. The number of hydrogen-bond donors (Lipinski definition) is 1. The molecule has 2 aromatic rings. The zero-order valence-electron chi connectivity index (χ0n) is 13.0. The Balaban J connectivity index is 1.96. The van der Waals surface area contributed by atoms with Gasteiger partial charge in [-0.2, -0.15) is 0 Å². The number of benzene rings is 2. The molecular weight excluding hydrogens is 276 g/mol. The van der Waals surface area contributed by atoms with Gasteiger partial charge in [-0.3, -0.25) is 0 Å². The quantitative estimate of drug-likeness (QED) is 0.756. The van der Waals surface area contributed by atoms with Crippen LogP contribution in [0.2, 0.25) is 0 Å². The lowest BCUT2D eigenvalue weighted by Gasteiger charge is -2.13. The molecule has 0 saturated heterocycles. The molecule has 1 N–H and O–H groups in total. The molecule has 0 spiro atoms. The summed E-state index contributed by atoms with van der Waals surface area (Å²) in [5.41, 5.74) is 3.59. The molecule has 1 nitrogen and oxygen atoms in total. The molecular formula is C19H24OS. The summed E-state index contributed by atoms with van der Waals surface area (Å²) >= 11 is 1.70. The van der Waals surface area contributed by atoms with Gasteiger partial charge in [-0.15, -0.1) is 11.8 Å². The van der Waals surface area contributed by atoms with E-state index in [4.69, 9.17) is 0 Å². The van der Waals surface area contributed by atoms with Crippen LogP contribution in [0.1, 0.15) is 36.6 Å². The van der Waals surface area contributed by atoms with E-state index in [0.29, 0.717) is 11.7 Å². The third-order valence-electron chi connectivity index (χ3n) is 3.41. The summed E-state index contributed by atoms with van der Waals surface area (Å²) in [6.45, 7) is 6.52. The number of rotatable bonds is 6. The van der Waals surface area contributed by atoms with E-state index in [1.807, 2.05) is 12.1 Å². The van der Waals surface area contributed by atoms with Crippen LogP contribution in [0.25, 0.3) is 0 Å². The lowest BCUT2D eigenvalue weighted by molar-refractivity contribution is 0.204. The Bertz CT molecular complexity index is 560. The molecule has 1 unspecified atom stereocenters. The van der Waals surface area contributed by atoms with E-state index in [9.17, 15) is 5.11 Å². The maximum absolute atomic E-state index is 10.4. The Morgan fingerprint density at radius 3 is 2.43 bits per heavy atom. The molecule has 1 atom stereocenters. The van der Waals surface area contributed by atoms with E-state index in [0.717, 1.165) is 12.0 Å². The minimum absolute atomic E-state index is 0.414. The van der Waals surface area contributed by atoms with E-state index in [1.54, 1.807) is 11.8 Å². The molecule has 2 rings (SSSR count). The Morgan fingerprint density at radius 1 is 1.05 bits per heavy atom. The van der Waals surface area contributed by atoms with Crippen molar-refractivity contribution in [2.45, 2.75) is 38.2 Å². The fourth-order valence-electron chi connectivity index (χ4n) is 2.30. The molecule has 0 amide bonds. The smallest absolute Gasteiger partial charge is 0.0884 e. The summed E-state index contributed by atoms with van der Waals surface area (Å²) in [5.74, 6) is 1.33. The maximum Gasteiger partial charge on any atom is 0.0884 e. The molecule has 0 heterocycles. The van der Waals surface area contributed by atoms with Crippen molar-refractivity contribution in [2.75, 3.05) is 5.75 Å². The van der Waals surface area contributed by atoms with E-state index >= 15 is 0 Å². The molecule has 112 valence electrons. The highest BCUT2D eigenvalue weighted by molar-refractivity contribution is 7.99. The normalized spacial score (nSPS) is 12.6. The largest absolute Gasteiger partial charge is 0.388 e. The van der Waals surface area contributed by atoms with E-state index < -0.39 is 6.10 Å². The van der Waals surface area contributed by atoms with Crippen molar-refractivity contribution in [3.63, 3.8) is 0 Å². The van der Waals surface area contributed by atoms with Crippen molar-refractivity contribution in [3.05, 3.63) is 65.2 Å². The highest BCUT2D eigenvalue weighted by Gasteiger charge is 2.09. The van der Waals surface area contributed by atoms with Crippen LogP contribution < -0.4 is 0 Å². The highest BCUT2D eigenvalue weighted by Crippen LogP contribution is 2.25. The molecule has 0 saturated carbocycles. The Hall–Kier alpha value is -1.25. The maximum atomic E-state index is 10.4. The topological polar surface area (TPSA) is 20.2 Å². The molecule has 0 aliphatic heterocycles. The van der Waals surface area contributed by atoms with Crippen LogP contribution in [0.4, 0.5) is 0 Å². The first-order valence-corrected chi connectivity index (χ1v) is 8.49. The van der Waals surface area contributed by atoms with Gasteiger partial charge in [0.15, 0.2) is 0 Å². The highest BCUT2D eigenvalue weighted by atomic mass is 32.2. The molecule has 2 heteroatoms. The van der Waals surface area contributed by atoms with Gasteiger partial charge in [-0.1, -0.05) is 55.8 Å². The zero-order valence-corrected chi connectivity index (χ0v) is 13.9. The first-order chi connectivity index (χ1) is 10.0. The fourth-order valence-corrected chi connectivity index (χ4v) is 3.18. The van der Waals surface area contributed by atoms with Gasteiger partial charge in [0.1, 0.15) is 0 Å². The third-order valence-corrected chi connectivity index (χ3v) is 4.50. The van der Waals surface area contributed by atoms with Crippen LogP contribution in [0.3, 0.4) is 0 Å². The summed E-state index contributed by atoms with van der Waals surface area (Å²) < 4.78 is 0. The Kier molecular flexibility index (Phi) is 5.89. The molecule has 21 heavy (non-hydrogen) atoms. The molecule has 0 bridgehead atoms. The fraction of sp³-hybridized carbons (Fsp3) is 0.368. The van der Waals surface area contributed by atoms with Crippen molar-refractivity contribution in [1.82, 2.24) is 0 Å². The van der Waals surface area contributed by atoms with Crippen molar-refractivity contribution in [1.29, 1.82) is 0 Å². The Labute approximate surface area is 132 Å². The minimum atomic E-state index is -0.414. The van der Waals surface area contributed by atoms with Gasteiger partial charge in [0, 0.05) is 10.6 Å². The van der Waals surface area contributed by atoms with Crippen LogP contribution in [0, 0.1) is 12.8 Å². The summed E-state index contributed by atoms with van der Waals surface area (Å²) in [7, 11) is 0. The molecule has 0 fully saturated rings. The van der Waals surface area contributed by atoms with E-state index in [2.05, 4.69) is 57.2 Å². The van der Waals surface area contributed by atoms with Crippen LogP contribution >= 0.6 is 11.8 Å². The van der Waals surface area contributed by atoms with Gasteiger partial charge in [0.05, 0.1) is 6.10 Å². The zero-order chi connectivity index (χ0) is 15.2. The van der Waals surface area contributed by atoms with Gasteiger partial charge >= 0.3 is 0 Å².